The number of anilines is 1. The molecule has 3 N–H and O–H groups in total. The van der Waals surface area contributed by atoms with E-state index in [1.54, 1.807) is 0 Å². The van der Waals surface area contributed by atoms with Crippen LogP contribution in [0.25, 0.3) is 11.1 Å². The number of carboxylic acid groups (broad SMARTS) is 1. The Labute approximate surface area is 194 Å². The first-order valence-electron chi connectivity index (χ1n) is 11.0. The molecule has 0 aliphatic heterocycles. The van der Waals surface area contributed by atoms with Gasteiger partial charge in [-0.2, -0.15) is 0 Å². The van der Waals surface area contributed by atoms with Crippen LogP contribution >= 0.6 is 0 Å². The van der Waals surface area contributed by atoms with Crippen LogP contribution in [-0.2, 0) is 9.53 Å². The molecule has 0 radical (unpaired) electrons. The highest BCUT2D eigenvalue weighted by molar-refractivity contribution is 5.99. The van der Waals surface area contributed by atoms with Crippen LogP contribution < -0.4 is 10.6 Å². The number of aromatic nitrogens is 2. The van der Waals surface area contributed by atoms with E-state index in [1.807, 2.05) is 48.5 Å². The van der Waals surface area contributed by atoms with Crippen LogP contribution in [0.2, 0.25) is 0 Å². The summed E-state index contributed by atoms with van der Waals surface area (Å²) < 4.78 is 10.1. The van der Waals surface area contributed by atoms with Crippen molar-refractivity contribution in [3.05, 3.63) is 65.4 Å². The van der Waals surface area contributed by atoms with E-state index in [-0.39, 0.29) is 30.1 Å². The number of hydrogen-bond donors (Lipinski definition) is 3. The summed E-state index contributed by atoms with van der Waals surface area (Å²) in [5, 5.41) is 21.4. The van der Waals surface area contributed by atoms with Crippen LogP contribution in [0, 0.1) is 5.92 Å². The average molecular weight is 462 g/mol. The van der Waals surface area contributed by atoms with Crippen molar-refractivity contribution >= 4 is 23.8 Å². The minimum absolute atomic E-state index is 0.103. The molecular formula is C24H22N4O6. The molecule has 1 heterocycles. The third-order valence-electron chi connectivity index (χ3n) is 6.38. The fourth-order valence-electron chi connectivity index (χ4n) is 4.74. The van der Waals surface area contributed by atoms with Crippen molar-refractivity contribution in [1.82, 2.24) is 15.6 Å². The molecule has 1 saturated carbocycles. The zero-order chi connectivity index (χ0) is 23.7. The van der Waals surface area contributed by atoms with Crippen LogP contribution in [0.4, 0.5) is 10.6 Å². The maximum atomic E-state index is 12.6. The van der Waals surface area contributed by atoms with E-state index in [1.165, 1.54) is 0 Å². The van der Waals surface area contributed by atoms with Gasteiger partial charge in [-0.15, -0.1) is 0 Å². The number of benzene rings is 2. The first-order valence-corrected chi connectivity index (χ1v) is 11.0. The molecule has 1 fully saturated rings. The van der Waals surface area contributed by atoms with Crippen molar-refractivity contribution in [1.29, 1.82) is 0 Å². The van der Waals surface area contributed by atoms with E-state index in [2.05, 4.69) is 25.6 Å². The van der Waals surface area contributed by atoms with E-state index in [9.17, 15) is 14.4 Å². The minimum Gasteiger partial charge on any atom is -0.481 e. The monoisotopic (exact) mass is 462 g/mol. The summed E-state index contributed by atoms with van der Waals surface area (Å²) in [7, 11) is 0. The largest absolute Gasteiger partial charge is 0.481 e. The first-order chi connectivity index (χ1) is 16.5. The second-order valence-corrected chi connectivity index (χ2v) is 8.43. The van der Waals surface area contributed by atoms with Crippen molar-refractivity contribution < 1.29 is 28.9 Å². The molecule has 2 amide bonds. The number of fused-ring (bicyclic) bond motifs is 3. The van der Waals surface area contributed by atoms with Crippen LogP contribution in [-0.4, -0.2) is 46.0 Å². The highest BCUT2D eigenvalue weighted by atomic mass is 16.6. The Kier molecular flexibility index (Phi) is 5.70. The number of carbonyl (C=O) groups excluding carboxylic acids is 2. The molecule has 2 atom stereocenters. The summed E-state index contributed by atoms with van der Waals surface area (Å²) in [5.41, 5.74) is 4.19. The third-order valence-corrected chi connectivity index (χ3v) is 6.38. The van der Waals surface area contributed by atoms with Gasteiger partial charge in [0.15, 0.2) is 0 Å². The first kappa shape index (κ1) is 21.6. The molecule has 1 aromatic heterocycles. The number of hydrogen-bond acceptors (Lipinski definition) is 7. The van der Waals surface area contributed by atoms with Gasteiger partial charge in [-0.3, -0.25) is 14.9 Å². The number of rotatable bonds is 6. The second-order valence-electron chi connectivity index (χ2n) is 8.43. The van der Waals surface area contributed by atoms with Gasteiger partial charge in [0.2, 0.25) is 11.5 Å². The SMILES string of the molecule is O=C(Nc1nonc1C(=O)NC1CCC(C(=O)O)C1)OCC1c2ccccc2-c2ccccc21. The van der Waals surface area contributed by atoms with Gasteiger partial charge in [0, 0.05) is 12.0 Å². The average Bonchev–Trinajstić information content (AvgIpc) is 3.56. The highest BCUT2D eigenvalue weighted by Crippen LogP contribution is 2.44. The summed E-state index contributed by atoms with van der Waals surface area (Å²) in [5.74, 6) is -2.24. The van der Waals surface area contributed by atoms with Crippen LogP contribution in [0.1, 0.15) is 46.8 Å². The molecule has 2 aromatic carbocycles. The van der Waals surface area contributed by atoms with Crippen LogP contribution in [0.15, 0.2) is 53.2 Å². The van der Waals surface area contributed by atoms with Crippen LogP contribution in [0.3, 0.4) is 0 Å². The Morgan fingerprint density at radius 3 is 2.32 bits per heavy atom. The fraction of sp³-hybridized carbons (Fsp3) is 0.292. The van der Waals surface area contributed by atoms with Gasteiger partial charge in [0.25, 0.3) is 5.91 Å². The number of ether oxygens (including phenoxy) is 1. The number of aliphatic carboxylic acids is 1. The Balaban J connectivity index is 1.21. The lowest BCUT2D eigenvalue weighted by Crippen LogP contribution is -2.34. The molecule has 3 aromatic rings. The molecule has 174 valence electrons. The van der Waals surface area contributed by atoms with Crippen molar-refractivity contribution in [3.8, 4) is 11.1 Å². The molecule has 0 spiro atoms. The van der Waals surface area contributed by atoms with Crippen molar-refractivity contribution in [2.45, 2.75) is 31.2 Å². The summed E-state index contributed by atoms with van der Waals surface area (Å²) >= 11 is 0. The van der Waals surface area contributed by atoms with E-state index in [0.29, 0.717) is 19.3 Å². The van der Waals surface area contributed by atoms with Gasteiger partial charge in [-0.05, 0) is 51.8 Å². The van der Waals surface area contributed by atoms with Gasteiger partial charge < -0.3 is 15.2 Å². The van der Waals surface area contributed by atoms with Crippen molar-refractivity contribution in [2.75, 3.05) is 11.9 Å². The zero-order valence-electron chi connectivity index (χ0n) is 18.1. The standard InChI is InChI=1S/C24H22N4O6/c29-22(25-14-10-9-13(11-14)23(30)31)20-21(28-34-27-20)26-24(32)33-12-19-17-7-3-1-5-15(17)16-6-2-4-8-18(16)19/h1-8,13-14,19H,9-12H2,(H,25,29)(H,30,31)(H,26,28,32). The summed E-state index contributed by atoms with van der Waals surface area (Å²) in [4.78, 5) is 36.2. The Bertz CT molecular complexity index is 1210. The molecular weight excluding hydrogens is 440 g/mol. The molecule has 2 aliphatic rings. The molecule has 34 heavy (non-hydrogen) atoms. The smallest absolute Gasteiger partial charge is 0.412 e. The normalized spacial score (nSPS) is 18.7. The predicted molar refractivity (Wildman–Crippen MR) is 119 cm³/mol. The van der Waals surface area contributed by atoms with Crippen molar-refractivity contribution in [3.63, 3.8) is 0 Å². The van der Waals surface area contributed by atoms with Gasteiger partial charge in [0.1, 0.15) is 6.61 Å². The lowest BCUT2D eigenvalue weighted by atomic mass is 9.98. The van der Waals surface area contributed by atoms with E-state index in [4.69, 9.17) is 9.84 Å². The second kappa shape index (κ2) is 8.97. The number of carbonyl (C=O) groups is 3. The van der Waals surface area contributed by atoms with E-state index in [0.717, 1.165) is 22.3 Å². The minimum atomic E-state index is -0.877. The fourth-order valence-corrected chi connectivity index (χ4v) is 4.74. The quantitative estimate of drug-likeness (QED) is 0.506. The summed E-state index contributed by atoms with van der Waals surface area (Å²) in [6.45, 7) is 0.103. The maximum absolute atomic E-state index is 12.6. The number of carboxylic acids is 1. The maximum Gasteiger partial charge on any atom is 0.412 e. The molecule has 10 heteroatoms. The lowest BCUT2D eigenvalue weighted by Gasteiger charge is -2.14. The zero-order valence-corrected chi connectivity index (χ0v) is 18.1. The topological polar surface area (TPSA) is 144 Å². The Morgan fingerprint density at radius 2 is 1.68 bits per heavy atom. The Morgan fingerprint density at radius 1 is 1.00 bits per heavy atom. The molecule has 2 unspecified atom stereocenters. The van der Waals surface area contributed by atoms with E-state index >= 15 is 0 Å². The molecule has 5 rings (SSSR count). The molecule has 0 bridgehead atoms. The molecule has 10 nitrogen and oxygen atoms in total. The Hall–Kier alpha value is -4.21. The van der Waals surface area contributed by atoms with Crippen LogP contribution in [0.5, 0.6) is 0 Å². The van der Waals surface area contributed by atoms with Gasteiger partial charge >= 0.3 is 12.1 Å². The molecule has 2 aliphatic carbocycles. The highest BCUT2D eigenvalue weighted by Gasteiger charge is 2.33. The van der Waals surface area contributed by atoms with Crippen molar-refractivity contribution in [2.24, 2.45) is 5.92 Å². The van der Waals surface area contributed by atoms with E-state index < -0.39 is 23.9 Å². The number of amides is 2. The lowest BCUT2D eigenvalue weighted by molar-refractivity contribution is -0.141. The van der Waals surface area contributed by atoms with Gasteiger partial charge in [-0.25, -0.2) is 9.42 Å². The summed E-state index contributed by atoms with van der Waals surface area (Å²) in [6.07, 6.45) is 0.575. The number of nitrogens with zero attached hydrogens (tertiary/aromatic N) is 2. The van der Waals surface area contributed by atoms with Gasteiger partial charge in [-0.1, -0.05) is 48.5 Å². The number of nitrogens with one attached hydrogen (secondary N) is 2. The van der Waals surface area contributed by atoms with Gasteiger partial charge in [0.05, 0.1) is 5.92 Å². The third kappa shape index (κ3) is 4.09. The molecule has 0 saturated heterocycles. The summed E-state index contributed by atoms with van der Waals surface area (Å²) in [6, 6.07) is 15.7. The predicted octanol–water partition coefficient (Wildman–Crippen LogP) is 3.41.